The highest BCUT2D eigenvalue weighted by Crippen LogP contribution is 2.34. The Morgan fingerprint density at radius 2 is 2.04 bits per heavy atom. The summed E-state index contributed by atoms with van der Waals surface area (Å²) in [5, 5.41) is 19.7. The lowest BCUT2D eigenvalue weighted by atomic mass is 9.88. The van der Waals surface area contributed by atoms with Crippen molar-refractivity contribution in [3.05, 3.63) is 35.4 Å². The summed E-state index contributed by atoms with van der Waals surface area (Å²) < 4.78 is 27.2. The summed E-state index contributed by atoms with van der Waals surface area (Å²) in [5.74, 6) is -3.76. The van der Waals surface area contributed by atoms with Gasteiger partial charge in [-0.15, -0.1) is 0 Å². The lowest BCUT2D eigenvalue weighted by Gasteiger charge is -2.26. The summed E-state index contributed by atoms with van der Waals surface area (Å²) in [5.41, 5.74) is 0.213. The highest BCUT2D eigenvalue weighted by Gasteiger charge is 2.40. The number of carboxylic acids is 1. The number of aliphatic carboxylic acids is 1. The SMILES string of the molecule is CC(C)N(C)C[C@H](O)CN1C[C@H](C(=O)O)[C@@H](c2ccc(F)cc2F)C1. The molecule has 0 spiro atoms. The second-order valence-electron chi connectivity index (χ2n) is 7.12. The minimum atomic E-state index is -1.01. The number of likely N-dealkylation sites (N-methyl/N-ethyl adjacent to an activating group) is 1. The standard InChI is InChI=1S/C18H26F2N2O3/c1-11(2)21(3)7-13(23)8-22-9-15(16(10-22)18(24)25)14-5-4-12(19)6-17(14)20/h4-6,11,13,15-16,23H,7-10H2,1-3H3,(H,24,25)/t13-,15+,16-/m0/s1. The van der Waals surface area contributed by atoms with E-state index >= 15 is 0 Å². The number of benzene rings is 1. The summed E-state index contributed by atoms with van der Waals surface area (Å²) in [7, 11) is 1.91. The number of halogens is 2. The van der Waals surface area contributed by atoms with Crippen molar-refractivity contribution in [3.63, 3.8) is 0 Å². The number of β-amino-alcohol motifs (C(OH)–C–C–N with tert-alkyl or cyclic N) is 1. The molecule has 1 heterocycles. The predicted molar refractivity (Wildman–Crippen MR) is 90.4 cm³/mol. The van der Waals surface area contributed by atoms with Crippen LogP contribution in [0.4, 0.5) is 8.78 Å². The van der Waals surface area contributed by atoms with Gasteiger partial charge in [0.15, 0.2) is 0 Å². The van der Waals surface area contributed by atoms with Gasteiger partial charge in [0, 0.05) is 44.2 Å². The highest BCUT2D eigenvalue weighted by atomic mass is 19.1. The van der Waals surface area contributed by atoms with E-state index in [1.54, 1.807) is 0 Å². The zero-order valence-corrected chi connectivity index (χ0v) is 14.8. The zero-order chi connectivity index (χ0) is 18.7. The van der Waals surface area contributed by atoms with Crippen molar-refractivity contribution in [1.29, 1.82) is 0 Å². The van der Waals surface area contributed by atoms with E-state index in [2.05, 4.69) is 0 Å². The van der Waals surface area contributed by atoms with Gasteiger partial charge in [-0.1, -0.05) is 6.07 Å². The van der Waals surface area contributed by atoms with Crippen LogP contribution in [0, 0.1) is 17.6 Å². The van der Waals surface area contributed by atoms with Crippen LogP contribution < -0.4 is 0 Å². The Labute approximate surface area is 146 Å². The van der Waals surface area contributed by atoms with Crippen LogP contribution in [-0.4, -0.2) is 71.4 Å². The first-order valence-corrected chi connectivity index (χ1v) is 8.47. The third-order valence-electron chi connectivity index (χ3n) is 4.92. The molecule has 7 heteroatoms. The number of carbonyl (C=O) groups is 1. The number of hydrogen-bond donors (Lipinski definition) is 2. The van der Waals surface area contributed by atoms with Crippen LogP contribution in [0.15, 0.2) is 18.2 Å². The number of carboxylic acid groups (broad SMARTS) is 1. The van der Waals surface area contributed by atoms with E-state index in [4.69, 9.17) is 0 Å². The lowest BCUT2D eigenvalue weighted by molar-refractivity contribution is -0.141. The normalized spacial score (nSPS) is 22.7. The molecule has 2 rings (SSSR count). The Hall–Kier alpha value is -1.57. The van der Waals surface area contributed by atoms with Crippen LogP contribution in [0.25, 0.3) is 0 Å². The number of aliphatic hydroxyl groups is 1. The zero-order valence-electron chi connectivity index (χ0n) is 14.8. The summed E-state index contributed by atoms with van der Waals surface area (Å²) in [6.07, 6.45) is -0.626. The molecule has 1 saturated heterocycles. The molecule has 2 N–H and O–H groups in total. The van der Waals surface area contributed by atoms with Crippen LogP contribution in [0.3, 0.4) is 0 Å². The van der Waals surface area contributed by atoms with Gasteiger partial charge in [0.1, 0.15) is 11.6 Å². The Morgan fingerprint density at radius 3 is 2.60 bits per heavy atom. The number of aliphatic hydroxyl groups excluding tert-OH is 1. The average molecular weight is 356 g/mol. The van der Waals surface area contributed by atoms with Gasteiger partial charge in [-0.2, -0.15) is 0 Å². The van der Waals surface area contributed by atoms with E-state index in [-0.39, 0.29) is 12.1 Å². The maximum atomic E-state index is 14.1. The molecular weight excluding hydrogens is 330 g/mol. The molecule has 0 aromatic heterocycles. The summed E-state index contributed by atoms with van der Waals surface area (Å²) in [6.45, 7) is 5.40. The summed E-state index contributed by atoms with van der Waals surface area (Å²) in [4.78, 5) is 15.4. The third kappa shape index (κ3) is 4.96. The van der Waals surface area contributed by atoms with Gasteiger partial charge in [-0.3, -0.25) is 9.69 Å². The van der Waals surface area contributed by atoms with Crippen LogP contribution >= 0.6 is 0 Å². The van der Waals surface area contributed by atoms with Crippen molar-refractivity contribution in [1.82, 2.24) is 9.80 Å². The topological polar surface area (TPSA) is 64.0 Å². The number of rotatable bonds is 7. The molecule has 1 aliphatic rings. The molecule has 1 aromatic carbocycles. The Morgan fingerprint density at radius 1 is 1.36 bits per heavy atom. The number of nitrogens with zero attached hydrogens (tertiary/aromatic N) is 2. The molecule has 1 aromatic rings. The molecule has 1 aliphatic heterocycles. The van der Waals surface area contributed by atoms with Crippen molar-refractivity contribution >= 4 is 5.97 Å². The van der Waals surface area contributed by atoms with Gasteiger partial charge in [0.05, 0.1) is 12.0 Å². The van der Waals surface area contributed by atoms with E-state index < -0.39 is 35.5 Å². The first-order valence-electron chi connectivity index (χ1n) is 8.47. The van der Waals surface area contributed by atoms with Crippen molar-refractivity contribution < 1.29 is 23.8 Å². The molecular formula is C18H26F2N2O3. The Balaban J connectivity index is 2.08. The molecule has 0 radical (unpaired) electrons. The first-order chi connectivity index (χ1) is 11.7. The van der Waals surface area contributed by atoms with E-state index in [1.807, 2.05) is 30.7 Å². The van der Waals surface area contributed by atoms with Gasteiger partial charge in [-0.05, 0) is 32.5 Å². The largest absolute Gasteiger partial charge is 0.481 e. The molecule has 5 nitrogen and oxygen atoms in total. The molecule has 140 valence electrons. The molecule has 0 unspecified atom stereocenters. The molecule has 1 fully saturated rings. The highest BCUT2D eigenvalue weighted by molar-refractivity contribution is 5.72. The smallest absolute Gasteiger partial charge is 0.308 e. The number of hydrogen-bond acceptors (Lipinski definition) is 4. The van der Waals surface area contributed by atoms with Gasteiger partial charge in [0.2, 0.25) is 0 Å². The monoisotopic (exact) mass is 356 g/mol. The number of likely N-dealkylation sites (tertiary alicyclic amines) is 1. The fourth-order valence-corrected chi connectivity index (χ4v) is 3.30. The third-order valence-corrected chi connectivity index (χ3v) is 4.92. The average Bonchev–Trinajstić information content (AvgIpc) is 2.90. The Kier molecular flexibility index (Phi) is 6.48. The predicted octanol–water partition coefficient (Wildman–Crippen LogP) is 1.77. The fourth-order valence-electron chi connectivity index (χ4n) is 3.30. The fraction of sp³-hybridized carbons (Fsp3) is 0.611. The van der Waals surface area contributed by atoms with E-state index in [1.165, 1.54) is 6.07 Å². The minimum Gasteiger partial charge on any atom is -0.481 e. The van der Waals surface area contributed by atoms with Crippen molar-refractivity contribution in [2.75, 3.05) is 33.2 Å². The minimum absolute atomic E-state index is 0.213. The molecule has 3 atom stereocenters. The van der Waals surface area contributed by atoms with Gasteiger partial charge in [-0.25, -0.2) is 8.78 Å². The van der Waals surface area contributed by atoms with Gasteiger partial charge in [0.25, 0.3) is 0 Å². The quantitative estimate of drug-likeness (QED) is 0.780. The van der Waals surface area contributed by atoms with Crippen molar-refractivity contribution in [2.24, 2.45) is 5.92 Å². The van der Waals surface area contributed by atoms with Gasteiger partial charge >= 0.3 is 5.97 Å². The van der Waals surface area contributed by atoms with E-state index in [0.29, 0.717) is 25.7 Å². The van der Waals surface area contributed by atoms with Gasteiger partial charge < -0.3 is 15.1 Å². The lowest BCUT2D eigenvalue weighted by Crippen LogP contribution is -2.40. The van der Waals surface area contributed by atoms with Crippen LogP contribution in [0.2, 0.25) is 0 Å². The molecule has 0 saturated carbocycles. The first kappa shape index (κ1) is 19.8. The van der Waals surface area contributed by atoms with Crippen molar-refractivity contribution in [3.8, 4) is 0 Å². The van der Waals surface area contributed by atoms with E-state index in [0.717, 1.165) is 12.1 Å². The molecule has 0 bridgehead atoms. The van der Waals surface area contributed by atoms with Crippen LogP contribution in [0.1, 0.15) is 25.3 Å². The molecule has 25 heavy (non-hydrogen) atoms. The van der Waals surface area contributed by atoms with Crippen LogP contribution in [-0.2, 0) is 4.79 Å². The second kappa shape index (κ2) is 8.21. The maximum absolute atomic E-state index is 14.1. The summed E-state index contributed by atoms with van der Waals surface area (Å²) >= 11 is 0. The Bertz CT molecular complexity index is 612. The molecule has 0 aliphatic carbocycles. The van der Waals surface area contributed by atoms with Crippen LogP contribution in [0.5, 0.6) is 0 Å². The molecule has 0 amide bonds. The van der Waals surface area contributed by atoms with Crippen molar-refractivity contribution in [2.45, 2.75) is 31.9 Å². The maximum Gasteiger partial charge on any atom is 0.308 e. The second-order valence-corrected chi connectivity index (χ2v) is 7.12. The van der Waals surface area contributed by atoms with E-state index in [9.17, 15) is 23.8 Å². The summed E-state index contributed by atoms with van der Waals surface area (Å²) in [6, 6.07) is 3.54.